The Morgan fingerprint density at radius 2 is 1.81 bits per heavy atom. The first-order valence-electron chi connectivity index (χ1n) is 10.1. The zero-order valence-corrected chi connectivity index (χ0v) is 17.5. The number of para-hydroxylation sites is 1. The van der Waals surface area contributed by atoms with Gasteiger partial charge in [0, 0.05) is 18.8 Å². The van der Waals surface area contributed by atoms with Crippen LogP contribution in [-0.2, 0) is 17.8 Å². The third kappa shape index (κ3) is 3.84. The second kappa shape index (κ2) is 8.14. The number of benzene rings is 2. The fourth-order valence-corrected chi connectivity index (χ4v) is 4.07. The maximum absolute atomic E-state index is 13.1. The van der Waals surface area contributed by atoms with Gasteiger partial charge in [0.15, 0.2) is 5.69 Å². The van der Waals surface area contributed by atoms with E-state index in [0.29, 0.717) is 0 Å². The molecule has 2 aromatic carbocycles. The average molecular weight is 419 g/mol. The molecule has 0 radical (unpaired) electrons. The Morgan fingerprint density at radius 3 is 2.55 bits per heavy atom. The summed E-state index contributed by atoms with van der Waals surface area (Å²) < 4.78 is 1.27. The van der Waals surface area contributed by atoms with Crippen molar-refractivity contribution in [2.75, 3.05) is 29.1 Å². The van der Waals surface area contributed by atoms with Crippen molar-refractivity contribution < 1.29 is 4.79 Å². The summed E-state index contributed by atoms with van der Waals surface area (Å²) in [5.74, 6) is -0.325. The van der Waals surface area contributed by atoms with Crippen LogP contribution in [0, 0.1) is 0 Å². The lowest BCUT2D eigenvalue weighted by Crippen LogP contribution is -2.44. The number of rotatable bonds is 5. The molecule has 2 heterocycles. The van der Waals surface area contributed by atoms with E-state index in [2.05, 4.69) is 18.0 Å². The number of fused-ring (bicyclic) bond motifs is 1. The number of nitrogens with one attached hydrogen (secondary N) is 1. The second-order valence-electron chi connectivity index (χ2n) is 7.83. The van der Waals surface area contributed by atoms with Crippen LogP contribution in [0.3, 0.4) is 0 Å². The van der Waals surface area contributed by atoms with Crippen LogP contribution < -0.4 is 26.8 Å². The van der Waals surface area contributed by atoms with Crippen LogP contribution in [0.25, 0.3) is 0 Å². The maximum atomic E-state index is 13.1. The molecule has 1 atom stereocenters. The molecule has 1 aromatic heterocycles. The first-order valence-corrected chi connectivity index (χ1v) is 10.1. The smallest absolute Gasteiger partial charge is 0.330 e. The summed E-state index contributed by atoms with van der Waals surface area (Å²) >= 11 is 0. The molecule has 1 aliphatic heterocycles. The SMILES string of the molecule is C[C@H]1Cc2ccccc2N1CC(=O)N(C)c1c(N)n(Cc2ccccc2)c(=O)[nH]c1=O. The minimum Gasteiger partial charge on any atom is -0.383 e. The lowest BCUT2D eigenvalue weighted by Gasteiger charge is -2.27. The van der Waals surface area contributed by atoms with Crippen molar-refractivity contribution in [1.29, 1.82) is 0 Å². The summed E-state index contributed by atoms with van der Waals surface area (Å²) in [7, 11) is 1.51. The fourth-order valence-electron chi connectivity index (χ4n) is 4.07. The standard InChI is InChI=1S/C23H25N5O3/c1-15-12-17-10-6-7-11-18(17)27(15)14-19(29)26(2)20-21(24)28(23(31)25-22(20)30)13-16-8-4-3-5-9-16/h3-11,15H,12-14,24H2,1-2H3,(H,25,30,31)/t15-/m0/s1. The van der Waals surface area contributed by atoms with Gasteiger partial charge < -0.3 is 15.5 Å². The van der Waals surface area contributed by atoms with Crippen molar-refractivity contribution in [3.63, 3.8) is 0 Å². The van der Waals surface area contributed by atoms with Crippen molar-refractivity contribution in [2.24, 2.45) is 0 Å². The molecule has 8 heteroatoms. The van der Waals surface area contributed by atoms with Gasteiger partial charge in [-0.3, -0.25) is 19.1 Å². The Labute approximate surface area is 179 Å². The summed E-state index contributed by atoms with van der Waals surface area (Å²) in [6.07, 6.45) is 0.859. The summed E-state index contributed by atoms with van der Waals surface area (Å²) in [6, 6.07) is 17.4. The van der Waals surface area contributed by atoms with E-state index < -0.39 is 11.2 Å². The number of hydrogen-bond donors (Lipinski definition) is 2. The van der Waals surface area contributed by atoms with E-state index in [1.807, 2.05) is 53.4 Å². The van der Waals surface area contributed by atoms with Gasteiger partial charge in [-0.2, -0.15) is 0 Å². The number of nitrogens with zero attached hydrogens (tertiary/aromatic N) is 3. The molecule has 0 saturated heterocycles. The number of nitrogen functional groups attached to an aromatic ring is 1. The molecule has 8 nitrogen and oxygen atoms in total. The molecule has 31 heavy (non-hydrogen) atoms. The Bertz CT molecular complexity index is 1230. The largest absolute Gasteiger partial charge is 0.383 e. The lowest BCUT2D eigenvalue weighted by molar-refractivity contribution is -0.117. The summed E-state index contributed by atoms with van der Waals surface area (Å²) in [6.45, 7) is 2.35. The second-order valence-corrected chi connectivity index (χ2v) is 7.83. The van der Waals surface area contributed by atoms with Gasteiger partial charge in [0.2, 0.25) is 5.91 Å². The zero-order valence-electron chi connectivity index (χ0n) is 17.5. The van der Waals surface area contributed by atoms with Gasteiger partial charge in [-0.15, -0.1) is 0 Å². The highest BCUT2D eigenvalue weighted by atomic mass is 16.2. The van der Waals surface area contributed by atoms with Crippen molar-refractivity contribution in [1.82, 2.24) is 9.55 Å². The third-order valence-corrected chi connectivity index (χ3v) is 5.76. The molecular weight excluding hydrogens is 394 g/mol. The van der Waals surface area contributed by atoms with Gasteiger partial charge in [0.05, 0.1) is 13.1 Å². The Hall–Kier alpha value is -3.81. The van der Waals surface area contributed by atoms with Crippen LogP contribution in [0.5, 0.6) is 0 Å². The van der Waals surface area contributed by atoms with E-state index in [9.17, 15) is 14.4 Å². The number of amides is 1. The van der Waals surface area contributed by atoms with Crippen LogP contribution in [0.2, 0.25) is 0 Å². The molecule has 0 fully saturated rings. The normalized spacial score (nSPS) is 15.0. The number of likely N-dealkylation sites (N-methyl/N-ethyl adjacent to an activating group) is 1. The van der Waals surface area contributed by atoms with Gasteiger partial charge >= 0.3 is 5.69 Å². The number of carbonyl (C=O) groups excluding carboxylic acids is 1. The first-order chi connectivity index (χ1) is 14.9. The third-order valence-electron chi connectivity index (χ3n) is 5.76. The molecule has 4 rings (SSSR count). The summed E-state index contributed by atoms with van der Waals surface area (Å²) in [5, 5.41) is 0. The van der Waals surface area contributed by atoms with Gasteiger partial charge in [-0.1, -0.05) is 48.5 Å². The van der Waals surface area contributed by atoms with Crippen molar-refractivity contribution in [2.45, 2.75) is 25.9 Å². The van der Waals surface area contributed by atoms with Gasteiger partial charge in [0.1, 0.15) is 5.82 Å². The molecule has 3 aromatic rings. The molecule has 0 unspecified atom stereocenters. The number of anilines is 3. The van der Waals surface area contributed by atoms with E-state index in [1.165, 1.54) is 22.1 Å². The molecule has 1 aliphatic rings. The predicted octanol–water partition coefficient (Wildman–Crippen LogP) is 1.58. The Morgan fingerprint density at radius 1 is 1.13 bits per heavy atom. The van der Waals surface area contributed by atoms with Crippen LogP contribution >= 0.6 is 0 Å². The van der Waals surface area contributed by atoms with E-state index >= 15 is 0 Å². The number of hydrogen-bond acceptors (Lipinski definition) is 5. The highest BCUT2D eigenvalue weighted by Gasteiger charge is 2.29. The van der Waals surface area contributed by atoms with Gasteiger partial charge in [-0.05, 0) is 30.5 Å². The average Bonchev–Trinajstić information content (AvgIpc) is 3.06. The quantitative estimate of drug-likeness (QED) is 0.653. The molecular formula is C23H25N5O3. The number of aromatic amines is 1. The number of aromatic nitrogens is 2. The van der Waals surface area contributed by atoms with Crippen LogP contribution in [-0.4, -0.2) is 35.1 Å². The lowest BCUT2D eigenvalue weighted by atomic mass is 10.1. The Kier molecular flexibility index (Phi) is 5.37. The highest BCUT2D eigenvalue weighted by Crippen LogP contribution is 2.31. The minimum atomic E-state index is -0.683. The number of nitrogens with two attached hydrogens (primary N) is 1. The maximum Gasteiger partial charge on any atom is 0.330 e. The minimum absolute atomic E-state index is 0.0272. The Balaban J connectivity index is 1.63. The van der Waals surface area contributed by atoms with Gasteiger partial charge in [-0.25, -0.2) is 4.79 Å². The highest BCUT2D eigenvalue weighted by molar-refractivity contribution is 5.98. The van der Waals surface area contributed by atoms with Gasteiger partial charge in [0.25, 0.3) is 5.56 Å². The summed E-state index contributed by atoms with van der Waals surface area (Å²) in [5.41, 5.74) is 7.96. The zero-order chi connectivity index (χ0) is 22.1. The van der Waals surface area contributed by atoms with E-state index in [-0.39, 0.29) is 36.5 Å². The predicted molar refractivity (Wildman–Crippen MR) is 122 cm³/mol. The molecule has 160 valence electrons. The van der Waals surface area contributed by atoms with E-state index in [0.717, 1.165) is 17.7 Å². The van der Waals surface area contributed by atoms with Crippen LogP contribution in [0.1, 0.15) is 18.1 Å². The molecule has 0 spiro atoms. The molecule has 0 bridgehead atoms. The monoisotopic (exact) mass is 419 g/mol. The van der Waals surface area contributed by atoms with E-state index in [1.54, 1.807) is 0 Å². The number of H-pyrrole nitrogens is 1. The van der Waals surface area contributed by atoms with Crippen LogP contribution in [0.4, 0.5) is 17.2 Å². The fraction of sp³-hybridized carbons (Fsp3) is 0.261. The van der Waals surface area contributed by atoms with Crippen LogP contribution in [0.15, 0.2) is 64.2 Å². The van der Waals surface area contributed by atoms with Crippen molar-refractivity contribution in [3.05, 3.63) is 86.6 Å². The summed E-state index contributed by atoms with van der Waals surface area (Å²) in [4.78, 5) is 43.6. The topological polar surface area (TPSA) is 104 Å². The molecule has 3 N–H and O–H groups in total. The van der Waals surface area contributed by atoms with Crippen molar-refractivity contribution in [3.8, 4) is 0 Å². The van der Waals surface area contributed by atoms with Crippen molar-refractivity contribution >= 4 is 23.1 Å². The molecule has 1 amide bonds. The molecule has 0 saturated carbocycles. The van der Waals surface area contributed by atoms with E-state index in [4.69, 9.17) is 5.73 Å². The number of carbonyl (C=O) groups is 1. The first kappa shape index (κ1) is 20.5. The molecule has 0 aliphatic carbocycles.